The molecule has 0 radical (unpaired) electrons. The van der Waals surface area contributed by atoms with Crippen molar-refractivity contribution in [2.24, 2.45) is 5.92 Å². The summed E-state index contributed by atoms with van der Waals surface area (Å²) < 4.78 is 25.3. The third-order valence-corrected chi connectivity index (χ3v) is 6.77. The molecule has 1 heterocycles. The predicted molar refractivity (Wildman–Crippen MR) is 92.2 cm³/mol. The minimum Gasteiger partial charge on any atom is -0.303 e. The Morgan fingerprint density at radius 3 is 2.18 bits per heavy atom. The van der Waals surface area contributed by atoms with E-state index in [1.807, 2.05) is 32.9 Å². The molecule has 0 bridgehead atoms. The van der Waals surface area contributed by atoms with Crippen molar-refractivity contribution in [3.8, 4) is 0 Å². The zero-order chi connectivity index (χ0) is 16.3. The molecule has 1 aliphatic rings. The SMILES string of the molecule is Cc1cc(C)c(S(=O)(=O)CCCN2CCC(C)CC2)c(C)c1. The second kappa shape index (κ2) is 7.14. The Morgan fingerprint density at radius 1 is 1.09 bits per heavy atom. The van der Waals surface area contributed by atoms with Crippen LogP contribution in [0.3, 0.4) is 0 Å². The molecule has 1 saturated heterocycles. The fraction of sp³-hybridized carbons (Fsp3) is 0.667. The van der Waals surface area contributed by atoms with Crippen LogP contribution in [0, 0.1) is 26.7 Å². The first kappa shape index (κ1) is 17.5. The highest BCUT2D eigenvalue weighted by atomic mass is 32.2. The van der Waals surface area contributed by atoms with Gasteiger partial charge in [0.05, 0.1) is 10.6 Å². The molecule has 0 atom stereocenters. The van der Waals surface area contributed by atoms with E-state index in [0.29, 0.717) is 4.90 Å². The maximum absolute atomic E-state index is 12.7. The van der Waals surface area contributed by atoms with Gasteiger partial charge in [0.25, 0.3) is 0 Å². The van der Waals surface area contributed by atoms with Crippen LogP contribution >= 0.6 is 0 Å². The molecule has 1 fully saturated rings. The Kier molecular flexibility index (Phi) is 5.67. The lowest BCUT2D eigenvalue weighted by Gasteiger charge is -2.30. The van der Waals surface area contributed by atoms with E-state index < -0.39 is 9.84 Å². The molecular formula is C18H29NO2S. The topological polar surface area (TPSA) is 37.4 Å². The van der Waals surface area contributed by atoms with Crippen LogP contribution in [0.5, 0.6) is 0 Å². The lowest BCUT2D eigenvalue weighted by Crippen LogP contribution is -2.34. The van der Waals surface area contributed by atoms with Gasteiger partial charge in [-0.1, -0.05) is 24.6 Å². The van der Waals surface area contributed by atoms with Gasteiger partial charge in [0.1, 0.15) is 0 Å². The summed E-state index contributed by atoms with van der Waals surface area (Å²) in [6.07, 6.45) is 3.20. The lowest BCUT2D eigenvalue weighted by molar-refractivity contribution is 0.193. The van der Waals surface area contributed by atoms with Crippen LogP contribution in [0.2, 0.25) is 0 Å². The van der Waals surface area contributed by atoms with Crippen LogP contribution in [0.4, 0.5) is 0 Å². The molecule has 1 aromatic carbocycles. The van der Waals surface area contributed by atoms with E-state index in [1.54, 1.807) is 0 Å². The summed E-state index contributed by atoms with van der Waals surface area (Å²) in [5, 5.41) is 0. The third-order valence-electron chi connectivity index (χ3n) is 4.68. The average molecular weight is 324 g/mol. The fourth-order valence-electron chi connectivity index (χ4n) is 3.52. The first-order valence-corrected chi connectivity index (χ1v) is 9.98. The molecule has 0 aromatic heterocycles. The number of benzene rings is 1. The zero-order valence-electron chi connectivity index (χ0n) is 14.4. The lowest BCUT2D eigenvalue weighted by atomic mass is 9.99. The summed E-state index contributed by atoms with van der Waals surface area (Å²) in [6, 6.07) is 3.93. The van der Waals surface area contributed by atoms with Gasteiger partial charge < -0.3 is 4.90 Å². The van der Waals surface area contributed by atoms with Crippen LogP contribution in [-0.2, 0) is 9.84 Å². The van der Waals surface area contributed by atoms with E-state index in [2.05, 4.69) is 11.8 Å². The van der Waals surface area contributed by atoms with Gasteiger partial charge in [-0.25, -0.2) is 8.42 Å². The van der Waals surface area contributed by atoms with E-state index >= 15 is 0 Å². The van der Waals surface area contributed by atoms with Crippen LogP contribution in [0.15, 0.2) is 17.0 Å². The summed E-state index contributed by atoms with van der Waals surface area (Å²) in [6.45, 7) is 11.2. The van der Waals surface area contributed by atoms with Crippen molar-refractivity contribution in [3.63, 3.8) is 0 Å². The molecule has 3 nitrogen and oxygen atoms in total. The summed E-state index contributed by atoms with van der Waals surface area (Å²) >= 11 is 0. The Labute approximate surface area is 135 Å². The largest absolute Gasteiger partial charge is 0.303 e. The second-order valence-electron chi connectivity index (χ2n) is 6.92. The van der Waals surface area contributed by atoms with E-state index in [9.17, 15) is 8.42 Å². The van der Waals surface area contributed by atoms with Crippen LogP contribution in [-0.4, -0.2) is 38.7 Å². The van der Waals surface area contributed by atoms with Crippen molar-refractivity contribution >= 4 is 9.84 Å². The van der Waals surface area contributed by atoms with Crippen molar-refractivity contribution < 1.29 is 8.42 Å². The number of hydrogen-bond acceptors (Lipinski definition) is 3. The molecule has 1 aliphatic heterocycles. The highest BCUT2D eigenvalue weighted by Gasteiger charge is 2.21. The third kappa shape index (κ3) is 4.32. The first-order valence-electron chi connectivity index (χ1n) is 8.32. The first-order chi connectivity index (χ1) is 10.3. The van der Waals surface area contributed by atoms with Crippen molar-refractivity contribution in [1.29, 1.82) is 0 Å². The highest BCUT2D eigenvalue weighted by Crippen LogP contribution is 2.24. The number of nitrogens with zero attached hydrogens (tertiary/aromatic N) is 1. The molecule has 0 spiro atoms. The number of hydrogen-bond donors (Lipinski definition) is 0. The summed E-state index contributed by atoms with van der Waals surface area (Å²) in [4.78, 5) is 2.95. The molecule has 22 heavy (non-hydrogen) atoms. The summed E-state index contributed by atoms with van der Waals surface area (Å²) in [5.41, 5.74) is 2.88. The van der Waals surface area contributed by atoms with Crippen molar-refractivity contribution in [1.82, 2.24) is 4.90 Å². The van der Waals surface area contributed by atoms with Crippen LogP contribution in [0.1, 0.15) is 42.9 Å². The predicted octanol–water partition coefficient (Wildman–Crippen LogP) is 3.51. The van der Waals surface area contributed by atoms with Crippen LogP contribution < -0.4 is 0 Å². The monoisotopic (exact) mass is 323 g/mol. The van der Waals surface area contributed by atoms with Gasteiger partial charge in [-0.3, -0.25) is 0 Å². The average Bonchev–Trinajstić information content (AvgIpc) is 2.39. The van der Waals surface area contributed by atoms with Gasteiger partial charge in [-0.15, -0.1) is 0 Å². The zero-order valence-corrected chi connectivity index (χ0v) is 15.2. The highest BCUT2D eigenvalue weighted by molar-refractivity contribution is 7.91. The minimum absolute atomic E-state index is 0.254. The summed E-state index contributed by atoms with van der Waals surface area (Å²) in [7, 11) is -3.18. The molecule has 1 aromatic rings. The maximum Gasteiger partial charge on any atom is 0.178 e. The smallest absolute Gasteiger partial charge is 0.178 e. The van der Waals surface area contributed by atoms with Crippen molar-refractivity contribution in [2.75, 3.05) is 25.4 Å². The Bertz CT molecular complexity index is 591. The van der Waals surface area contributed by atoms with E-state index in [0.717, 1.165) is 48.7 Å². The number of rotatable bonds is 5. The number of sulfone groups is 1. The molecule has 0 N–H and O–H groups in total. The van der Waals surface area contributed by atoms with Gasteiger partial charge in [-0.2, -0.15) is 0 Å². The number of aryl methyl sites for hydroxylation is 3. The molecular weight excluding hydrogens is 294 g/mol. The number of likely N-dealkylation sites (tertiary alicyclic amines) is 1. The van der Waals surface area contributed by atoms with Gasteiger partial charge in [0.15, 0.2) is 9.84 Å². The van der Waals surface area contributed by atoms with Crippen molar-refractivity contribution in [3.05, 3.63) is 28.8 Å². The van der Waals surface area contributed by atoms with Crippen molar-refractivity contribution in [2.45, 2.75) is 51.9 Å². The quantitative estimate of drug-likeness (QED) is 0.832. The second-order valence-corrected chi connectivity index (χ2v) is 8.97. The molecule has 0 aliphatic carbocycles. The molecule has 0 unspecified atom stereocenters. The summed E-state index contributed by atoms with van der Waals surface area (Å²) in [5.74, 6) is 1.07. The normalized spacial score (nSPS) is 17.8. The van der Waals surface area contributed by atoms with Gasteiger partial charge in [0.2, 0.25) is 0 Å². The van der Waals surface area contributed by atoms with Gasteiger partial charge in [-0.05, 0) is 76.7 Å². The minimum atomic E-state index is -3.18. The fourth-order valence-corrected chi connectivity index (χ4v) is 5.34. The maximum atomic E-state index is 12.7. The Morgan fingerprint density at radius 2 is 1.64 bits per heavy atom. The van der Waals surface area contributed by atoms with E-state index in [-0.39, 0.29) is 5.75 Å². The molecule has 4 heteroatoms. The Balaban J connectivity index is 1.97. The molecule has 0 saturated carbocycles. The van der Waals surface area contributed by atoms with Gasteiger partial charge in [0, 0.05) is 0 Å². The van der Waals surface area contributed by atoms with E-state index in [1.165, 1.54) is 12.8 Å². The molecule has 2 rings (SSSR count). The van der Waals surface area contributed by atoms with Crippen LogP contribution in [0.25, 0.3) is 0 Å². The number of piperidine rings is 1. The standard InChI is InChI=1S/C18H29NO2S/c1-14-6-9-19(10-7-14)8-5-11-22(20,21)18-16(3)12-15(2)13-17(18)4/h12-14H,5-11H2,1-4H3. The van der Waals surface area contributed by atoms with E-state index in [4.69, 9.17) is 0 Å². The Hall–Kier alpha value is -0.870. The molecule has 124 valence electrons. The molecule has 0 amide bonds. The van der Waals surface area contributed by atoms with Gasteiger partial charge >= 0.3 is 0 Å².